The molecule has 3 unspecified atom stereocenters. The summed E-state index contributed by atoms with van der Waals surface area (Å²) in [6.07, 6.45) is 5.00. The van der Waals surface area contributed by atoms with Crippen molar-refractivity contribution in [1.29, 1.82) is 0 Å². The van der Waals surface area contributed by atoms with Gasteiger partial charge in [0.1, 0.15) is 0 Å². The summed E-state index contributed by atoms with van der Waals surface area (Å²) in [5.74, 6) is 2.30. The number of rotatable bonds is 2. The van der Waals surface area contributed by atoms with Crippen molar-refractivity contribution >= 4 is 0 Å². The predicted octanol–water partition coefficient (Wildman–Crippen LogP) is 0.689. The Labute approximate surface area is 98.2 Å². The third-order valence-electron chi connectivity index (χ3n) is 4.87. The van der Waals surface area contributed by atoms with Crippen LogP contribution in [0.5, 0.6) is 0 Å². The van der Waals surface area contributed by atoms with E-state index in [4.69, 9.17) is 0 Å². The summed E-state index contributed by atoms with van der Waals surface area (Å²) in [5.41, 5.74) is 0. The topological polar surface area (TPSA) is 35.5 Å². The molecular formula is C13H24N2O. The fourth-order valence-electron chi connectivity index (χ4n) is 3.91. The third kappa shape index (κ3) is 2.13. The highest BCUT2D eigenvalue weighted by atomic mass is 16.3. The third-order valence-corrected chi connectivity index (χ3v) is 4.87. The zero-order chi connectivity index (χ0) is 11.0. The van der Waals surface area contributed by atoms with Gasteiger partial charge in [-0.3, -0.25) is 0 Å². The molecule has 3 nitrogen and oxygen atoms in total. The molecule has 0 spiro atoms. The molecule has 2 saturated heterocycles. The van der Waals surface area contributed by atoms with Crippen molar-refractivity contribution in [3.63, 3.8) is 0 Å². The molecule has 3 atom stereocenters. The maximum atomic E-state index is 9.89. The second kappa shape index (κ2) is 4.63. The summed E-state index contributed by atoms with van der Waals surface area (Å²) < 4.78 is 0. The van der Waals surface area contributed by atoms with Gasteiger partial charge in [0.25, 0.3) is 0 Å². The van der Waals surface area contributed by atoms with Crippen molar-refractivity contribution in [3.8, 4) is 0 Å². The van der Waals surface area contributed by atoms with E-state index in [1.54, 1.807) is 0 Å². The number of hydrogen-bond donors (Lipinski definition) is 2. The molecule has 2 N–H and O–H groups in total. The fourth-order valence-corrected chi connectivity index (χ4v) is 3.91. The molecule has 3 aliphatic rings. The van der Waals surface area contributed by atoms with Crippen molar-refractivity contribution in [2.45, 2.75) is 31.8 Å². The van der Waals surface area contributed by atoms with Crippen LogP contribution in [0.3, 0.4) is 0 Å². The average Bonchev–Trinajstić information content (AvgIpc) is 2.83. The summed E-state index contributed by atoms with van der Waals surface area (Å²) in [6, 6.07) is 0. The number of fused-ring (bicyclic) bond motifs is 1. The second-order valence-corrected chi connectivity index (χ2v) is 5.98. The van der Waals surface area contributed by atoms with E-state index in [0.717, 1.165) is 24.8 Å². The first kappa shape index (κ1) is 11.0. The Morgan fingerprint density at radius 3 is 2.62 bits per heavy atom. The summed E-state index contributed by atoms with van der Waals surface area (Å²) >= 11 is 0. The maximum absolute atomic E-state index is 9.89. The van der Waals surface area contributed by atoms with E-state index in [1.165, 1.54) is 45.4 Å². The molecule has 0 amide bonds. The number of piperidine rings is 1. The van der Waals surface area contributed by atoms with E-state index in [2.05, 4.69) is 10.2 Å². The first-order valence-electron chi connectivity index (χ1n) is 6.94. The number of aliphatic hydroxyl groups is 1. The summed E-state index contributed by atoms with van der Waals surface area (Å²) in [6.45, 7) is 6.10. The van der Waals surface area contributed by atoms with Gasteiger partial charge in [-0.25, -0.2) is 0 Å². The van der Waals surface area contributed by atoms with Crippen molar-refractivity contribution < 1.29 is 5.11 Å². The lowest BCUT2D eigenvalue weighted by atomic mass is 9.97. The lowest BCUT2D eigenvalue weighted by Gasteiger charge is -2.28. The van der Waals surface area contributed by atoms with E-state index >= 15 is 0 Å². The molecule has 0 bridgehead atoms. The highest BCUT2D eigenvalue weighted by molar-refractivity contribution is 4.94. The van der Waals surface area contributed by atoms with Crippen LogP contribution in [-0.4, -0.2) is 48.8 Å². The van der Waals surface area contributed by atoms with Gasteiger partial charge in [-0.15, -0.1) is 0 Å². The molecule has 3 heteroatoms. The Hall–Kier alpha value is -0.120. The van der Waals surface area contributed by atoms with E-state index in [0.29, 0.717) is 5.92 Å². The number of hydrogen-bond acceptors (Lipinski definition) is 3. The van der Waals surface area contributed by atoms with E-state index in [-0.39, 0.29) is 6.10 Å². The lowest BCUT2D eigenvalue weighted by Crippen LogP contribution is -2.36. The molecule has 16 heavy (non-hydrogen) atoms. The molecule has 0 aromatic rings. The highest BCUT2D eigenvalue weighted by Gasteiger charge is 2.41. The molecule has 0 radical (unpaired) electrons. The SMILES string of the molecule is OC1CCC2CN(CC3CCNCC3)CC12. The molecule has 0 aromatic heterocycles. The molecular weight excluding hydrogens is 200 g/mol. The molecule has 3 rings (SSSR count). The minimum Gasteiger partial charge on any atom is -0.393 e. The number of aliphatic hydroxyl groups excluding tert-OH is 1. The van der Waals surface area contributed by atoms with E-state index < -0.39 is 0 Å². The Bertz CT molecular complexity index is 240. The summed E-state index contributed by atoms with van der Waals surface area (Å²) in [5, 5.41) is 13.3. The minimum atomic E-state index is 0.00280. The molecule has 2 heterocycles. The van der Waals surface area contributed by atoms with Crippen molar-refractivity contribution in [1.82, 2.24) is 10.2 Å². The summed E-state index contributed by atoms with van der Waals surface area (Å²) in [4.78, 5) is 2.62. The maximum Gasteiger partial charge on any atom is 0.0583 e. The van der Waals surface area contributed by atoms with Crippen LogP contribution in [0.4, 0.5) is 0 Å². The van der Waals surface area contributed by atoms with Gasteiger partial charge in [0.2, 0.25) is 0 Å². The van der Waals surface area contributed by atoms with Gasteiger partial charge in [-0.05, 0) is 50.6 Å². The lowest BCUT2D eigenvalue weighted by molar-refractivity contribution is 0.121. The van der Waals surface area contributed by atoms with Gasteiger partial charge >= 0.3 is 0 Å². The molecule has 92 valence electrons. The number of likely N-dealkylation sites (tertiary alicyclic amines) is 1. The average molecular weight is 224 g/mol. The van der Waals surface area contributed by atoms with Gasteiger partial charge in [0.05, 0.1) is 6.10 Å². The molecule has 3 fully saturated rings. The van der Waals surface area contributed by atoms with Crippen LogP contribution in [-0.2, 0) is 0 Å². The summed E-state index contributed by atoms with van der Waals surface area (Å²) in [7, 11) is 0. The second-order valence-electron chi connectivity index (χ2n) is 5.98. The minimum absolute atomic E-state index is 0.00280. The van der Waals surface area contributed by atoms with E-state index in [9.17, 15) is 5.11 Å². The van der Waals surface area contributed by atoms with Crippen LogP contribution in [0.15, 0.2) is 0 Å². The van der Waals surface area contributed by atoms with Gasteiger partial charge in [0.15, 0.2) is 0 Å². The van der Waals surface area contributed by atoms with Gasteiger partial charge < -0.3 is 15.3 Å². The number of nitrogens with one attached hydrogen (secondary N) is 1. The zero-order valence-electron chi connectivity index (χ0n) is 10.1. The van der Waals surface area contributed by atoms with Crippen LogP contribution in [0.2, 0.25) is 0 Å². The normalized spacial score (nSPS) is 41.4. The van der Waals surface area contributed by atoms with Gasteiger partial charge in [0, 0.05) is 25.6 Å². The van der Waals surface area contributed by atoms with Gasteiger partial charge in [-0.1, -0.05) is 0 Å². The monoisotopic (exact) mass is 224 g/mol. The van der Waals surface area contributed by atoms with Crippen molar-refractivity contribution in [3.05, 3.63) is 0 Å². The molecule has 2 aliphatic heterocycles. The van der Waals surface area contributed by atoms with Crippen LogP contribution in [0.1, 0.15) is 25.7 Å². The highest BCUT2D eigenvalue weighted by Crippen LogP contribution is 2.38. The Morgan fingerprint density at radius 1 is 1.06 bits per heavy atom. The van der Waals surface area contributed by atoms with Crippen LogP contribution < -0.4 is 5.32 Å². The van der Waals surface area contributed by atoms with Crippen LogP contribution in [0, 0.1) is 17.8 Å². The van der Waals surface area contributed by atoms with Crippen LogP contribution in [0.25, 0.3) is 0 Å². The zero-order valence-corrected chi connectivity index (χ0v) is 10.1. The smallest absolute Gasteiger partial charge is 0.0583 e. The van der Waals surface area contributed by atoms with E-state index in [1.807, 2.05) is 0 Å². The van der Waals surface area contributed by atoms with Crippen LogP contribution >= 0.6 is 0 Å². The first-order chi connectivity index (χ1) is 7.83. The largest absolute Gasteiger partial charge is 0.393 e. The Morgan fingerprint density at radius 2 is 1.88 bits per heavy atom. The Balaban J connectivity index is 1.50. The molecule has 1 aliphatic carbocycles. The first-order valence-corrected chi connectivity index (χ1v) is 6.94. The molecule has 0 aromatic carbocycles. The standard InChI is InChI=1S/C13H24N2O/c16-13-2-1-11-8-15(9-12(11)13)7-10-3-5-14-6-4-10/h10-14,16H,1-9H2. The fraction of sp³-hybridized carbons (Fsp3) is 1.00. The molecule has 1 saturated carbocycles. The van der Waals surface area contributed by atoms with Gasteiger partial charge in [-0.2, -0.15) is 0 Å². The number of nitrogens with zero attached hydrogens (tertiary/aromatic N) is 1. The predicted molar refractivity (Wildman–Crippen MR) is 64.3 cm³/mol. The Kier molecular flexibility index (Phi) is 3.18. The van der Waals surface area contributed by atoms with Crippen molar-refractivity contribution in [2.75, 3.05) is 32.7 Å². The quantitative estimate of drug-likeness (QED) is 0.724. The van der Waals surface area contributed by atoms with Crippen molar-refractivity contribution in [2.24, 2.45) is 17.8 Å².